The first-order valence-corrected chi connectivity index (χ1v) is 19.7. The van der Waals surface area contributed by atoms with Crippen LogP contribution in [0.15, 0.2) is 35.3 Å². The van der Waals surface area contributed by atoms with Gasteiger partial charge in [0.05, 0.1) is 31.4 Å². The molecule has 0 aromatic heterocycles. The van der Waals surface area contributed by atoms with E-state index in [1.165, 1.54) is 17.0 Å². The summed E-state index contributed by atoms with van der Waals surface area (Å²) in [6.07, 6.45) is 10.4. The number of unbranched alkanes of at least 4 members (excludes halogenated alkanes) is 1. The van der Waals surface area contributed by atoms with Crippen LogP contribution in [0.2, 0.25) is 0 Å². The average molecular weight is 768 g/mol. The Bertz CT molecular complexity index is 1520. The van der Waals surface area contributed by atoms with Crippen molar-refractivity contribution < 1.29 is 43.8 Å². The maximum absolute atomic E-state index is 14.2. The number of carbonyl (C=O) groups excluding carboxylic acids is 6. The first-order chi connectivity index (χ1) is 26.5. The molecular weight excluding hydrogens is 710 g/mol. The SMILES string of the molecule is CCCC(NC(=O)[C@@H]1CCCN1C(=O)[C@H](CC1CCCCC1)NC(=O)CC1CN(CCCCO)C=N1)C(=O)C(=O)NCC(=O)N[C@H](C(=O)O)c1ccccc1. The number of aliphatic carboxylic acids is 1. The molecule has 1 aliphatic carbocycles. The lowest BCUT2D eigenvalue weighted by Crippen LogP contribution is -2.56. The maximum atomic E-state index is 14.2. The van der Waals surface area contributed by atoms with E-state index in [1.54, 1.807) is 31.5 Å². The van der Waals surface area contributed by atoms with Crippen LogP contribution in [0, 0.1) is 5.92 Å². The summed E-state index contributed by atoms with van der Waals surface area (Å²) < 4.78 is 0. The highest BCUT2D eigenvalue weighted by Crippen LogP contribution is 2.29. The van der Waals surface area contributed by atoms with Gasteiger partial charge in [-0.05, 0) is 50.0 Å². The van der Waals surface area contributed by atoms with Gasteiger partial charge in [0.1, 0.15) is 12.1 Å². The summed E-state index contributed by atoms with van der Waals surface area (Å²) >= 11 is 0. The molecule has 55 heavy (non-hydrogen) atoms. The molecule has 2 unspecified atom stereocenters. The summed E-state index contributed by atoms with van der Waals surface area (Å²) in [7, 11) is 0. The van der Waals surface area contributed by atoms with Gasteiger partial charge < -0.3 is 41.3 Å². The van der Waals surface area contributed by atoms with Gasteiger partial charge >= 0.3 is 5.97 Å². The number of hydrogen-bond acceptors (Lipinski definition) is 10. The molecule has 3 aliphatic rings. The van der Waals surface area contributed by atoms with Gasteiger partial charge in [0.2, 0.25) is 29.4 Å². The summed E-state index contributed by atoms with van der Waals surface area (Å²) in [5.41, 5.74) is 0.329. The smallest absolute Gasteiger partial charge is 0.330 e. The molecule has 16 heteroatoms. The number of hydrogen-bond donors (Lipinski definition) is 6. The number of carboxylic acids is 1. The third-order valence-electron chi connectivity index (χ3n) is 10.5. The van der Waals surface area contributed by atoms with Crippen LogP contribution in [-0.4, -0.2) is 125 Å². The number of carbonyl (C=O) groups is 7. The van der Waals surface area contributed by atoms with Gasteiger partial charge in [0.25, 0.3) is 5.91 Å². The quantitative estimate of drug-likeness (QED) is 0.0775. The number of likely N-dealkylation sites (tertiary alicyclic amines) is 1. The van der Waals surface area contributed by atoms with E-state index < -0.39 is 60.2 Å². The van der Waals surface area contributed by atoms with Crippen molar-refractivity contribution in [1.82, 2.24) is 31.1 Å². The first kappa shape index (κ1) is 42.9. The van der Waals surface area contributed by atoms with E-state index in [0.29, 0.717) is 50.8 Å². The van der Waals surface area contributed by atoms with E-state index in [0.717, 1.165) is 45.1 Å². The van der Waals surface area contributed by atoms with Crippen LogP contribution in [0.4, 0.5) is 0 Å². The standard InChI is InChI=1S/C39H57N7O9/c1-2-12-29(35(50)37(52)40-23-33(49)44-34(39(54)55)27-15-7-4-8-16-27)43-36(51)31-17-11-19-46(31)38(53)30(21-26-13-5-3-6-14-26)42-32(48)22-28-24-45(25-41-28)18-9-10-20-47/h4,7-8,15-16,25-26,28-31,34,47H,2-3,5-6,9-14,17-24H2,1H3,(H,40,52)(H,42,48)(H,43,51)(H,44,49)(H,54,55)/t28?,29?,30-,31-,34-/m0/s1. The number of aliphatic imine (C=N–C) groups is 1. The third kappa shape index (κ3) is 13.1. The van der Waals surface area contributed by atoms with Gasteiger partial charge in [-0.25, -0.2) is 4.79 Å². The molecule has 6 N–H and O–H groups in total. The van der Waals surface area contributed by atoms with Crippen molar-refractivity contribution in [3.63, 3.8) is 0 Å². The zero-order chi connectivity index (χ0) is 39.7. The highest BCUT2D eigenvalue weighted by Gasteiger charge is 2.40. The second-order valence-electron chi connectivity index (χ2n) is 14.7. The Balaban J connectivity index is 1.35. The summed E-state index contributed by atoms with van der Waals surface area (Å²) in [5.74, 6) is -5.18. The van der Waals surface area contributed by atoms with Crippen molar-refractivity contribution in [2.24, 2.45) is 10.9 Å². The van der Waals surface area contributed by atoms with Gasteiger partial charge in [-0.2, -0.15) is 0 Å². The minimum absolute atomic E-state index is 0.114. The summed E-state index contributed by atoms with van der Waals surface area (Å²) in [6, 6.07) is 3.45. The fourth-order valence-electron chi connectivity index (χ4n) is 7.57. The second-order valence-corrected chi connectivity index (χ2v) is 14.7. The van der Waals surface area contributed by atoms with E-state index in [-0.39, 0.29) is 43.2 Å². The van der Waals surface area contributed by atoms with Gasteiger partial charge in [-0.3, -0.25) is 33.8 Å². The number of ketones is 1. The molecule has 1 aromatic rings. The number of nitrogens with zero attached hydrogens (tertiary/aromatic N) is 3. The lowest BCUT2D eigenvalue weighted by atomic mass is 9.84. The highest BCUT2D eigenvalue weighted by molar-refractivity contribution is 6.38. The monoisotopic (exact) mass is 767 g/mol. The van der Waals surface area contributed by atoms with Crippen LogP contribution < -0.4 is 21.3 Å². The number of carboxylic acid groups (broad SMARTS) is 1. The lowest BCUT2D eigenvalue weighted by molar-refractivity contribution is -0.144. The summed E-state index contributed by atoms with van der Waals surface area (Å²) in [5, 5.41) is 28.9. The van der Waals surface area contributed by atoms with Crippen molar-refractivity contribution >= 4 is 47.6 Å². The number of amides is 5. The molecule has 1 aromatic carbocycles. The molecule has 2 aliphatic heterocycles. The molecular formula is C39H57N7O9. The molecule has 5 amide bonds. The van der Waals surface area contributed by atoms with Crippen LogP contribution in [0.1, 0.15) is 102 Å². The largest absolute Gasteiger partial charge is 0.479 e. The Hall–Kier alpha value is -4.86. The van der Waals surface area contributed by atoms with Gasteiger partial charge in [0, 0.05) is 26.2 Å². The number of benzene rings is 1. The summed E-state index contributed by atoms with van der Waals surface area (Å²) in [4.78, 5) is 99.6. The Morgan fingerprint density at radius 3 is 2.33 bits per heavy atom. The van der Waals surface area contributed by atoms with E-state index in [9.17, 15) is 38.7 Å². The van der Waals surface area contributed by atoms with Crippen molar-refractivity contribution in [2.45, 2.75) is 121 Å². The van der Waals surface area contributed by atoms with E-state index in [4.69, 9.17) is 5.11 Å². The fourth-order valence-corrected chi connectivity index (χ4v) is 7.57. The average Bonchev–Trinajstić information content (AvgIpc) is 3.86. The van der Waals surface area contributed by atoms with E-state index in [1.807, 2.05) is 4.90 Å². The molecule has 0 bridgehead atoms. The topological polar surface area (TPSA) is 227 Å². The Kier molecular flexibility index (Phi) is 17.1. The third-order valence-corrected chi connectivity index (χ3v) is 10.5. The second kappa shape index (κ2) is 21.9. The minimum Gasteiger partial charge on any atom is -0.479 e. The fraction of sp³-hybridized carbons (Fsp3) is 0.641. The normalized spacial score (nSPS) is 20.0. The van der Waals surface area contributed by atoms with Crippen LogP contribution in [0.5, 0.6) is 0 Å². The molecule has 1 saturated carbocycles. The molecule has 5 atom stereocenters. The highest BCUT2D eigenvalue weighted by atomic mass is 16.4. The van der Waals surface area contributed by atoms with Crippen molar-refractivity contribution in [3.05, 3.63) is 35.9 Å². The maximum Gasteiger partial charge on any atom is 0.330 e. The van der Waals surface area contributed by atoms with Crippen LogP contribution in [-0.2, 0) is 33.6 Å². The van der Waals surface area contributed by atoms with Gasteiger partial charge in [-0.1, -0.05) is 75.8 Å². The van der Waals surface area contributed by atoms with Crippen molar-refractivity contribution in [1.29, 1.82) is 0 Å². The number of aliphatic hydroxyl groups excluding tert-OH is 1. The number of nitrogens with one attached hydrogen (secondary N) is 4. The zero-order valence-corrected chi connectivity index (χ0v) is 31.7. The predicted octanol–water partition coefficient (Wildman–Crippen LogP) is 1.22. The van der Waals surface area contributed by atoms with Crippen LogP contribution >= 0.6 is 0 Å². The number of Topliss-reactive ketones (excluding diaryl/α,β-unsaturated/α-hetero) is 1. The molecule has 16 nitrogen and oxygen atoms in total. The Morgan fingerprint density at radius 1 is 0.891 bits per heavy atom. The number of rotatable bonds is 21. The minimum atomic E-state index is -1.36. The predicted molar refractivity (Wildman–Crippen MR) is 202 cm³/mol. The molecule has 302 valence electrons. The Labute approximate surface area is 322 Å². The molecule has 2 fully saturated rings. The molecule has 4 rings (SSSR count). The van der Waals surface area contributed by atoms with E-state index >= 15 is 0 Å². The van der Waals surface area contributed by atoms with Crippen LogP contribution in [0.25, 0.3) is 0 Å². The summed E-state index contributed by atoms with van der Waals surface area (Å²) in [6.45, 7) is 2.85. The van der Waals surface area contributed by atoms with E-state index in [2.05, 4.69) is 26.3 Å². The molecule has 0 spiro atoms. The zero-order valence-electron chi connectivity index (χ0n) is 31.7. The first-order valence-electron chi connectivity index (χ1n) is 19.7. The van der Waals surface area contributed by atoms with Crippen LogP contribution in [0.3, 0.4) is 0 Å². The van der Waals surface area contributed by atoms with Gasteiger partial charge in [-0.15, -0.1) is 0 Å². The van der Waals surface area contributed by atoms with Gasteiger partial charge in [0.15, 0.2) is 6.04 Å². The Morgan fingerprint density at radius 2 is 1.64 bits per heavy atom. The van der Waals surface area contributed by atoms with Crippen molar-refractivity contribution in [3.8, 4) is 0 Å². The van der Waals surface area contributed by atoms with Crippen molar-refractivity contribution in [2.75, 3.05) is 32.8 Å². The lowest BCUT2D eigenvalue weighted by Gasteiger charge is -2.32. The molecule has 0 radical (unpaired) electrons. The molecule has 2 heterocycles. The molecule has 1 saturated heterocycles. The number of aliphatic hydroxyl groups is 1.